The van der Waals surface area contributed by atoms with Gasteiger partial charge in [-0.2, -0.15) is 0 Å². The first-order valence-corrected chi connectivity index (χ1v) is 5.81. The summed E-state index contributed by atoms with van der Waals surface area (Å²) in [7, 11) is 0. The average Bonchev–Trinajstić information content (AvgIpc) is 2.20. The molecule has 0 aliphatic rings. The molecule has 0 amide bonds. The molecule has 14 heavy (non-hydrogen) atoms. The van der Waals surface area contributed by atoms with Gasteiger partial charge in [0.2, 0.25) is 0 Å². The largest absolute Gasteiger partial charge is 0.330 e. The second-order valence-electron chi connectivity index (χ2n) is 3.89. The van der Waals surface area contributed by atoms with Gasteiger partial charge >= 0.3 is 0 Å². The van der Waals surface area contributed by atoms with E-state index in [1.807, 2.05) is 6.08 Å². The zero-order valence-corrected chi connectivity index (χ0v) is 9.84. The van der Waals surface area contributed by atoms with Crippen molar-refractivity contribution in [3.8, 4) is 0 Å². The highest BCUT2D eigenvalue weighted by Gasteiger charge is 2.07. The average molecular weight is 198 g/mol. The van der Waals surface area contributed by atoms with Crippen LogP contribution in [-0.2, 0) is 0 Å². The first-order valence-electron chi connectivity index (χ1n) is 5.81. The Morgan fingerprint density at radius 1 is 1.36 bits per heavy atom. The van der Waals surface area contributed by atoms with Crippen LogP contribution in [0.2, 0.25) is 0 Å². The second-order valence-corrected chi connectivity index (χ2v) is 3.89. The van der Waals surface area contributed by atoms with Crippen LogP contribution < -0.4 is 5.73 Å². The van der Waals surface area contributed by atoms with Crippen LogP contribution in [0.5, 0.6) is 0 Å². The molecule has 2 heteroatoms. The maximum atomic E-state index is 5.68. The smallest absolute Gasteiger partial charge is 0.0160 e. The first-order chi connectivity index (χ1) is 6.78. The van der Waals surface area contributed by atoms with Gasteiger partial charge in [0.1, 0.15) is 0 Å². The Balaban J connectivity index is 3.72. The minimum atomic E-state index is 0.694. The lowest BCUT2D eigenvalue weighted by Crippen LogP contribution is -2.28. The van der Waals surface area contributed by atoms with Gasteiger partial charge in [0.25, 0.3) is 0 Å². The molecule has 0 aromatic heterocycles. The van der Waals surface area contributed by atoms with E-state index in [0.717, 1.165) is 19.6 Å². The predicted octanol–water partition coefficient (Wildman–Crippen LogP) is 2.26. The van der Waals surface area contributed by atoms with E-state index in [1.54, 1.807) is 0 Å². The molecule has 0 saturated heterocycles. The Morgan fingerprint density at radius 3 is 2.50 bits per heavy atom. The predicted molar refractivity (Wildman–Crippen MR) is 64.4 cm³/mol. The topological polar surface area (TPSA) is 29.3 Å². The summed E-state index contributed by atoms with van der Waals surface area (Å²) in [5.41, 5.74) is 5.68. The molecular formula is C12H26N2. The van der Waals surface area contributed by atoms with Gasteiger partial charge in [-0.25, -0.2) is 0 Å². The highest BCUT2D eigenvalue weighted by atomic mass is 15.1. The molecule has 1 atom stereocenters. The summed E-state index contributed by atoms with van der Waals surface area (Å²) in [5, 5.41) is 0. The lowest BCUT2D eigenvalue weighted by Gasteiger charge is -2.22. The van der Waals surface area contributed by atoms with Crippen LogP contribution in [0.1, 0.15) is 33.1 Å². The molecule has 0 aromatic carbocycles. The molecule has 1 unspecified atom stereocenters. The molecule has 0 rings (SSSR count). The normalized spacial score (nSPS) is 13.1. The summed E-state index contributed by atoms with van der Waals surface area (Å²) in [4.78, 5) is 2.45. The molecule has 0 aliphatic carbocycles. The molecule has 0 fully saturated rings. The van der Waals surface area contributed by atoms with Crippen LogP contribution >= 0.6 is 0 Å². The van der Waals surface area contributed by atoms with Crippen molar-refractivity contribution in [1.29, 1.82) is 0 Å². The Kier molecular flexibility index (Phi) is 9.00. The fourth-order valence-corrected chi connectivity index (χ4v) is 1.65. The summed E-state index contributed by atoms with van der Waals surface area (Å²) >= 11 is 0. The van der Waals surface area contributed by atoms with Crippen LogP contribution in [0.4, 0.5) is 0 Å². The van der Waals surface area contributed by atoms with Crippen molar-refractivity contribution in [3.05, 3.63) is 12.7 Å². The minimum absolute atomic E-state index is 0.694. The Labute approximate surface area is 89.2 Å². The van der Waals surface area contributed by atoms with Gasteiger partial charge in [-0.1, -0.05) is 26.3 Å². The highest BCUT2D eigenvalue weighted by Crippen LogP contribution is 2.07. The SMILES string of the molecule is C=CCN(CCC)CCC(CC)CN. The number of hydrogen-bond donors (Lipinski definition) is 1. The van der Waals surface area contributed by atoms with Gasteiger partial charge in [0, 0.05) is 6.54 Å². The highest BCUT2D eigenvalue weighted by molar-refractivity contribution is 4.74. The van der Waals surface area contributed by atoms with E-state index in [0.29, 0.717) is 5.92 Å². The van der Waals surface area contributed by atoms with E-state index in [2.05, 4.69) is 25.3 Å². The van der Waals surface area contributed by atoms with Crippen LogP contribution in [0.25, 0.3) is 0 Å². The molecular weight excluding hydrogens is 172 g/mol. The van der Waals surface area contributed by atoms with Crippen molar-refractivity contribution >= 4 is 0 Å². The quantitative estimate of drug-likeness (QED) is 0.576. The maximum absolute atomic E-state index is 5.68. The Hall–Kier alpha value is -0.340. The summed E-state index contributed by atoms with van der Waals surface area (Å²) < 4.78 is 0. The summed E-state index contributed by atoms with van der Waals surface area (Å²) in [6, 6.07) is 0. The van der Waals surface area contributed by atoms with Crippen molar-refractivity contribution in [2.75, 3.05) is 26.2 Å². The Morgan fingerprint density at radius 2 is 2.07 bits per heavy atom. The standard InChI is InChI=1S/C12H26N2/c1-4-8-14(9-5-2)10-7-12(6-3)11-13/h4,12H,1,5-11,13H2,2-3H3. The van der Waals surface area contributed by atoms with Gasteiger partial charge in [0.15, 0.2) is 0 Å². The molecule has 84 valence electrons. The third-order valence-electron chi connectivity index (χ3n) is 2.69. The van der Waals surface area contributed by atoms with Crippen molar-refractivity contribution < 1.29 is 0 Å². The van der Waals surface area contributed by atoms with Crippen molar-refractivity contribution in [2.24, 2.45) is 11.7 Å². The van der Waals surface area contributed by atoms with E-state index in [1.165, 1.54) is 25.8 Å². The molecule has 2 nitrogen and oxygen atoms in total. The van der Waals surface area contributed by atoms with E-state index < -0.39 is 0 Å². The lowest BCUT2D eigenvalue weighted by molar-refractivity contribution is 0.274. The lowest BCUT2D eigenvalue weighted by atomic mass is 10.0. The van der Waals surface area contributed by atoms with Gasteiger partial charge in [-0.15, -0.1) is 6.58 Å². The molecule has 0 aromatic rings. The molecule has 2 N–H and O–H groups in total. The fourth-order valence-electron chi connectivity index (χ4n) is 1.65. The zero-order valence-electron chi connectivity index (χ0n) is 9.84. The van der Waals surface area contributed by atoms with E-state index in [-0.39, 0.29) is 0 Å². The number of nitrogens with zero attached hydrogens (tertiary/aromatic N) is 1. The monoisotopic (exact) mass is 198 g/mol. The van der Waals surface area contributed by atoms with Crippen molar-refractivity contribution in [2.45, 2.75) is 33.1 Å². The van der Waals surface area contributed by atoms with Crippen LogP contribution in [0.15, 0.2) is 12.7 Å². The number of rotatable bonds is 9. The number of hydrogen-bond acceptors (Lipinski definition) is 2. The van der Waals surface area contributed by atoms with E-state index >= 15 is 0 Å². The van der Waals surface area contributed by atoms with Gasteiger partial charge < -0.3 is 5.73 Å². The van der Waals surface area contributed by atoms with Gasteiger partial charge in [-0.05, 0) is 38.4 Å². The van der Waals surface area contributed by atoms with Crippen molar-refractivity contribution in [3.63, 3.8) is 0 Å². The molecule has 0 bridgehead atoms. The van der Waals surface area contributed by atoms with Crippen molar-refractivity contribution in [1.82, 2.24) is 4.90 Å². The van der Waals surface area contributed by atoms with Crippen LogP contribution in [0, 0.1) is 5.92 Å². The fraction of sp³-hybridized carbons (Fsp3) is 0.833. The molecule has 0 aliphatic heterocycles. The number of nitrogens with two attached hydrogens (primary N) is 1. The minimum Gasteiger partial charge on any atom is -0.330 e. The third-order valence-corrected chi connectivity index (χ3v) is 2.69. The molecule has 0 heterocycles. The third kappa shape index (κ3) is 6.17. The summed E-state index contributed by atoms with van der Waals surface area (Å²) in [6.07, 6.45) is 5.62. The van der Waals surface area contributed by atoms with E-state index in [9.17, 15) is 0 Å². The van der Waals surface area contributed by atoms with Crippen LogP contribution in [-0.4, -0.2) is 31.1 Å². The zero-order chi connectivity index (χ0) is 10.8. The molecule has 0 spiro atoms. The Bertz CT molecular complexity index is 130. The second kappa shape index (κ2) is 9.22. The van der Waals surface area contributed by atoms with Crippen LogP contribution in [0.3, 0.4) is 0 Å². The first kappa shape index (κ1) is 13.7. The molecule has 0 radical (unpaired) electrons. The van der Waals surface area contributed by atoms with Gasteiger partial charge in [-0.3, -0.25) is 4.90 Å². The van der Waals surface area contributed by atoms with E-state index in [4.69, 9.17) is 5.73 Å². The van der Waals surface area contributed by atoms with Gasteiger partial charge in [0.05, 0.1) is 0 Å². The maximum Gasteiger partial charge on any atom is 0.0160 e. The molecule has 0 saturated carbocycles. The summed E-state index contributed by atoms with van der Waals surface area (Å²) in [5.74, 6) is 0.694. The summed E-state index contributed by atoms with van der Waals surface area (Å²) in [6.45, 7) is 12.4.